The standard InChI is InChI=1S/C14H19NO4/c1-14(6-8-18-10-14)15-7-9-19-12-5-3-2-4-11(12)13(16)17/h2-5,15H,6-10H2,1H3,(H,16,17). The Kier molecular flexibility index (Phi) is 4.39. The minimum absolute atomic E-state index is 0.00960. The molecule has 104 valence electrons. The van der Waals surface area contributed by atoms with Crippen molar-refractivity contribution in [3.05, 3.63) is 29.8 Å². The number of carboxylic acids is 1. The Bertz CT molecular complexity index is 441. The fourth-order valence-electron chi connectivity index (χ4n) is 2.09. The van der Waals surface area contributed by atoms with E-state index in [-0.39, 0.29) is 11.1 Å². The van der Waals surface area contributed by atoms with Crippen LogP contribution in [0.4, 0.5) is 0 Å². The van der Waals surface area contributed by atoms with Gasteiger partial charge in [-0.25, -0.2) is 4.79 Å². The second kappa shape index (κ2) is 6.04. The molecule has 0 saturated carbocycles. The number of para-hydroxylation sites is 1. The van der Waals surface area contributed by atoms with Gasteiger partial charge in [0.1, 0.15) is 17.9 Å². The van der Waals surface area contributed by atoms with E-state index in [1.165, 1.54) is 6.07 Å². The lowest BCUT2D eigenvalue weighted by Crippen LogP contribution is -2.44. The fourth-order valence-corrected chi connectivity index (χ4v) is 2.09. The minimum Gasteiger partial charge on any atom is -0.491 e. The first-order valence-electron chi connectivity index (χ1n) is 6.39. The predicted molar refractivity (Wildman–Crippen MR) is 70.7 cm³/mol. The van der Waals surface area contributed by atoms with E-state index < -0.39 is 5.97 Å². The van der Waals surface area contributed by atoms with E-state index in [2.05, 4.69) is 12.2 Å². The Morgan fingerprint density at radius 2 is 2.32 bits per heavy atom. The topological polar surface area (TPSA) is 67.8 Å². The molecule has 5 nitrogen and oxygen atoms in total. The van der Waals surface area contributed by atoms with Gasteiger partial charge in [0, 0.05) is 18.7 Å². The highest BCUT2D eigenvalue weighted by atomic mass is 16.5. The molecular formula is C14H19NO4. The number of aromatic carboxylic acids is 1. The van der Waals surface area contributed by atoms with Gasteiger partial charge in [-0.05, 0) is 25.5 Å². The van der Waals surface area contributed by atoms with Gasteiger partial charge in [0.15, 0.2) is 0 Å². The van der Waals surface area contributed by atoms with Crippen LogP contribution in [-0.2, 0) is 4.74 Å². The molecule has 2 N–H and O–H groups in total. The van der Waals surface area contributed by atoms with Crippen LogP contribution in [0.2, 0.25) is 0 Å². The van der Waals surface area contributed by atoms with E-state index in [1.54, 1.807) is 18.2 Å². The highest BCUT2D eigenvalue weighted by Gasteiger charge is 2.28. The smallest absolute Gasteiger partial charge is 0.339 e. The quantitative estimate of drug-likeness (QED) is 0.764. The van der Waals surface area contributed by atoms with Crippen molar-refractivity contribution in [3.63, 3.8) is 0 Å². The van der Waals surface area contributed by atoms with Gasteiger partial charge in [0.25, 0.3) is 0 Å². The van der Waals surface area contributed by atoms with Crippen molar-refractivity contribution in [2.24, 2.45) is 0 Å². The third kappa shape index (κ3) is 3.68. The molecule has 1 aliphatic heterocycles. The molecule has 5 heteroatoms. The minimum atomic E-state index is -0.972. The van der Waals surface area contributed by atoms with Crippen LogP contribution in [0.3, 0.4) is 0 Å². The number of carboxylic acid groups (broad SMARTS) is 1. The lowest BCUT2D eigenvalue weighted by atomic mass is 10.0. The first kappa shape index (κ1) is 13.8. The number of nitrogens with one attached hydrogen (secondary N) is 1. The summed E-state index contributed by atoms with van der Waals surface area (Å²) in [5.41, 5.74) is 0.202. The van der Waals surface area contributed by atoms with E-state index in [4.69, 9.17) is 14.6 Å². The summed E-state index contributed by atoms with van der Waals surface area (Å²) >= 11 is 0. The molecular weight excluding hydrogens is 246 g/mol. The lowest BCUT2D eigenvalue weighted by Gasteiger charge is -2.23. The van der Waals surface area contributed by atoms with Crippen LogP contribution < -0.4 is 10.1 Å². The van der Waals surface area contributed by atoms with Crippen molar-refractivity contribution >= 4 is 5.97 Å². The van der Waals surface area contributed by atoms with Crippen LogP contribution in [0.15, 0.2) is 24.3 Å². The molecule has 19 heavy (non-hydrogen) atoms. The maximum absolute atomic E-state index is 11.0. The summed E-state index contributed by atoms with van der Waals surface area (Å²) in [6.07, 6.45) is 0.985. The Morgan fingerprint density at radius 3 is 3.00 bits per heavy atom. The molecule has 0 amide bonds. The Hall–Kier alpha value is -1.59. The van der Waals surface area contributed by atoms with Gasteiger partial charge in [0.2, 0.25) is 0 Å². The Balaban J connectivity index is 1.81. The van der Waals surface area contributed by atoms with Gasteiger partial charge in [-0.15, -0.1) is 0 Å². The van der Waals surface area contributed by atoms with Crippen LogP contribution in [-0.4, -0.2) is 43.0 Å². The zero-order chi connectivity index (χ0) is 13.7. The Labute approximate surface area is 112 Å². The largest absolute Gasteiger partial charge is 0.491 e. The molecule has 1 aromatic rings. The molecule has 1 atom stereocenters. The average Bonchev–Trinajstić information content (AvgIpc) is 2.82. The molecule has 0 aromatic heterocycles. The molecule has 0 bridgehead atoms. The van der Waals surface area contributed by atoms with E-state index in [1.807, 2.05) is 0 Å². The van der Waals surface area contributed by atoms with E-state index in [0.29, 0.717) is 25.5 Å². The summed E-state index contributed by atoms with van der Waals surface area (Å²) in [6.45, 7) is 4.70. The first-order chi connectivity index (χ1) is 9.11. The molecule has 1 unspecified atom stereocenters. The SMILES string of the molecule is CC1(NCCOc2ccccc2C(=O)O)CCOC1. The number of benzene rings is 1. The maximum Gasteiger partial charge on any atom is 0.339 e. The number of ether oxygens (including phenoxy) is 2. The maximum atomic E-state index is 11.0. The van der Waals surface area contributed by atoms with Crippen LogP contribution in [0.1, 0.15) is 23.7 Å². The zero-order valence-electron chi connectivity index (χ0n) is 11.0. The highest BCUT2D eigenvalue weighted by molar-refractivity contribution is 5.90. The van der Waals surface area contributed by atoms with E-state index >= 15 is 0 Å². The van der Waals surface area contributed by atoms with Crippen molar-refractivity contribution in [2.75, 3.05) is 26.4 Å². The third-order valence-electron chi connectivity index (χ3n) is 3.25. The van der Waals surface area contributed by atoms with Gasteiger partial charge in [-0.1, -0.05) is 12.1 Å². The molecule has 1 aromatic carbocycles. The monoisotopic (exact) mass is 265 g/mol. The summed E-state index contributed by atoms with van der Waals surface area (Å²) in [7, 11) is 0. The molecule has 2 rings (SSSR count). The van der Waals surface area contributed by atoms with Gasteiger partial charge in [-0.3, -0.25) is 0 Å². The summed E-state index contributed by atoms with van der Waals surface area (Å²) in [4.78, 5) is 11.0. The molecule has 1 aliphatic rings. The Morgan fingerprint density at radius 1 is 1.53 bits per heavy atom. The van der Waals surface area contributed by atoms with Crippen LogP contribution in [0.25, 0.3) is 0 Å². The van der Waals surface area contributed by atoms with Crippen molar-refractivity contribution < 1.29 is 19.4 Å². The second-order valence-electron chi connectivity index (χ2n) is 4.94. The third-order valence-corrected chi connectivity index (χ3v) is 3.25. The van der Waals surface area contributed by atoms with Gasteiger partial charge in [0.05, 0.1) is 6.61 Å². The zero-order valence-corrected chi connectivity index (χ0v) is 11.0. The fraction of sp³-hybridized carbons (Fsp3) is 0.500. The van der Waals surface area contributed by atoms with E-state index in [9.17, 15) is 4.79 Å². The number of rotatable bonds is 6. The molecule has 1 fully saturated rings. The highest BCUT2D eigenvalue weighted by Crippen LogP contribution is 2.19. The molecule has 1 saturated heterocycles. The normalized spacial score (nSPS) is 22.4. The number of hydrogen-bond acceptors (Lipinski definition) is 4. The van der Waals surface area contributed by atoms with Crippen LogP contribution >= 0.6 is 0 Å². The summed E-state index contributed by atoms with van der Waals surface area (Å²) < 4.78 is 10.9. The predicted octanol–water partition coefficient (Wildman–Crippen LogP) is 1.53. The number of hydrogen-bond donors (Lipinski definition) is 2. The van der Waals surface area contributed by atoms with E-state index in [0.717, 1.165) is 13.0 Å². The summed E-state index contributed by atoms with van der Waals surface area (Å²) in [5, 5.41) is 12.4. The molecule has 0 radical (unpaired) electrons. The van der Waals surface area contributed by atoms with Gasteiger partial charge >= 0.3 is 5.97 Å². The lowest BCUT2D eigenvalue weighted by molar-refractivity contribution is 0.0692. The van der Waals surface area contributed by atoms with Crippen molar-refractivity contribution in [3.8, 4) is 5.75 Å². The van der Waals surface area contributed by atoms with Crippen molar-refractivity contribution in [1.29, 1.82) is 0 Å². The summed E-state index contributed by atoms with van der Waals surface area (Å²) in [6, 6.07) is 6.66. The van der Waals surface area contributed by atoms with Crippen LogP contribution in [0.5, 0.6) is 5.75 Å². The van der Waals surface area contributed by atoms with Crippen molar-refractivity contribution in [1.82, 2.24) is 5.32 Å². The summed E-state index contributed by atoms with van der Waals surface area (Å²) in [5.74, 6) is -0.565. The first-order valence-corrected chi connectivity index (χ1v) is 6.39. The second-order valence-corrected chi connectivity index (χ2v) is 4.94. The molecule has 0 spiro atoms. The number of carbonyl (C=O) groups is 1. The van der Waals surface area contributed by atoms with Crippen LogP contribution in [0, 0.1) is 0 Å². The molecule has 0 aliphatic carbocycles. The van der Waals surface area contributed by atoms with Gasteiger partial charge in [-0.2, -0.15) is 0 Å². The van der Waals surface area contributed by atoms with Gasteiger partial charge < -0.3 is 19.9 Å². The van der Waals surface area contributed by atoms with Crippen molar-refractivity contribution in [2.45, 2.75) is 18.9 Å². The average molecular weight is 265 g/mol. The molecule has 1 heterocycles.